The van der Waals surface area contributed by atoms with Crippen molar-refractivity contribution in [3.05, 3.63) is 23.4 Å². The van der Waals surface area contributed by atoms with E-state index in [1.807, 2.05) is 20.8 Å². The van der Waals surface area contributed by atoms with Crippen molar-refractivity contribution in [3.8, 4) is 0 Å². The lowest BCUT2D eigenvalue weighted by Crippen LogP contribution is -2.50. The second-order valence-corrected chi connectivity index (χ2v) is 6.55. The van der Waals surface area contributed by atoms with Crippen LogP contribution in [0.25, 0.3) is 0 Å². The number of thioether (sulfide) groups is 1. The molecule has 0 aliphatic rings. The first-order valence-electron chi connectivity index (χ1n) is 7.33. The summed E-state index contributed by atoms with van der Waals surface area (Å²) in [5.74, 6) is 0.743. The summed E-state index contributed by atoms with van der Waals surface area (Å²) in [6, 6.07) is 4.17. The molecule has 0 fully saturated rings. The first-order chi connectivity index (χ1) is 9.91. The summed E-state index contributed by atoms with van der Waals surface area (Å²) in [4.78, 5) is 16.4. The van der Waals surface area contributed by atoms with Gasteiger partial charge in [0.25, 0.3) is 0 Å². The lowest BCUT2D eigenvalue weighted by molar-refractivity contribution is -0.148. The second-order valence-electron chi connectivity index (χ2n) is 5.43. The van der Waals surface area contributed by atoms with Gasteiger partial charge in [-0.25, -0.2) is 4.98 Å². The molecule has 0 aliphatic heterocycles. The van der Waals surface area contributed by atoms with Crippen LogP contribution in [0.1, 0.15) is 37.9 Å². The molecule has 1 aromatic rings. The number of hydrogen-bond acceptors (Lipinski definition) is 5. The monoisotopic (exact) mass is 310 g/mol. The van der Waals surface area contributed by atoms with Gasteiger partial charge in [0.2, 0.25) is 0 Å². The van der Waals surface area contributed by atoms with Gasteiger partial charge in [0.1, 0.15) is 5.54 Å². The first-order valence-corrected chi connectivity index (χ1v) is 8.31. The molecule has 118 valence electrons. The molecule has 1 unspecified atom stereocenters. The van der Waals surface area contributed by atoms with E-state index in [1.165, 1.54) is 12.7 Å². The summed E-state index contributed by atoms with van der Waals surface area (Å²) in [6.45, 7) is 8.74. The zero-order chi connectivity index (χ0) is 15.9. The number of pyridine rings is 1. The maximum Gasteiger partial charge on any atom is 0.325 e. The highest BCUT2D eigenvalue weighted by Gasteiger charge is 2.32. The number of nitrogens with zero attached hydrogens (tertiary/aromatic N) is 1. The number of carbonyl (C=O) groups excluding carboxylic acids is 1. The molecule has 1 aromatic heterocycles. The average molecular weight is 310 g/mol. The minimum Gasteiger partial charge on any atom is -0.468 e. The number of nitrogens with one attached hydrogen (secondary N) is 1. The van der Waals surface area contributed by atoms with Crippen molar-refractivity contribution in [1.29, 1.82) is 0 Å². The Kier molecular flexibility index (Phi) is 7.18. The fourth-order valence-corrected chi connectivity index (χ4v) is 3.33. The summed E-state index contributed by atoms with van der Waals surface area (Å²) in [6.07, 6.45) is 1.68. The molecule has 0 spiro atoms. The minimum atomic E-state index is -0.597. The predicted molar refractivity (Wildman–Crippen MR) is 87.8 cm³/mol. The van der Waals surface area contributed by atoms with Crippen LogP contribution in [-0.2, 0) is 9.53 Å². The van der Waals surface area contributed by atoms with Crippen molar-refractivity contribution in [2.75, 3.05) is 19.4 Å². The minimum absolute atomic E-state index is 0.195. The number of hydrogen-bond donors (Lipinski definition) is 1. The number of methoxy groups -OCH3 is 1. The molecule has 21 heavy (non-hydrogen) atoms. The lowest BCUT2D eigenvalue weighted by Gasteiger charge is -2.27. The van der Waals surface area contributed by atoms with E-state index in [1.54, 1.807) is 11.8 Å². The van der Waals surface area contributed by atoms with E-state index >= 15 is 0 Å². The molecule has 5 heteroatoms. The molecular weight excluding hydrogens is 284 g/mol. The number of likely N-dealkylation sites (N-methyl/N-ethyl adjacent to an activating group) is 1. The van der Waals surface area contributed by atoms with Gasteiger partial charge < -0.3 is 10.1 Å². The van der Waals surface area contributed by atoms with E-state index in [2.05, 4.69) is 29.4 Å². The third-order valence-corrected chi connectivity index (χ3v) is 4.35. The van der Waals surface area contributed by atoms with Gasteiger partial charge in [-0.3, -0.25) is 4.79 Å². The van der Waals surface area contributed by atoms with Crippen LogP contribution in [-0.4, -0.2) is 35.9 Å². The van der Waals surface area contributed by atoms with Crippen LogP contribution in [0.3, 0.4) is 0 Å². The molecule has 0 aromatic carbocycles. The maximum atomic E-state index is 11.9. The Hall–Kier alpha value is -1.07. The second kappa shape index (κ2) is 8.39. The predicted octanol–water partition coefficient (Wildman–Crippen LogP) is 3.11. The van der Waals surface area contributed by atoms with Crippen LogP contribution in [0, 0.1) is 13.8 Å². The van der Waals surface area contributed by atoms with Crippen molar-refractivity contribution < 1.29 is 9.53 Å². The number of aromatic nitrogens is 1. The van der Waals surface area contributed by atoms with E-state index in [-0.39, 0.29) is 5.97 Å². The highest BCUT2D eigenvalue weighted by Crippen LogP contribution is 2.22. The number of aryl methyl sites for hydroxylation is 2. The largest absolute Gasteiger partial charge is 0.468 e. The van der Waals surface area contributed by atoms with E-state index in [9.17, 15) is 4.79 Å². The lowest BCUT2D eigenvalue weighted by atomic mass is 9.96. The van der Waals surface area contributed by atoms with E-state index in [4.69, 9.17) is 4.74 Å². The van der Waals surface area contributed by atoms with Crippen molar-refractivity contribution in [1.82, 2.24) is 10.3 Å². The van der Waals surface area contributed by atoms with Crippen LogP contribution in [0.15, 0.2) is 17.2 Å². The van der Waals surface area contributed by atoms with Gasteiger partial charge in [0.15, 0.2) is 0 Å². The van der Waals surface area contributed by atoms with Gasteiger partial charge in [-0.2, -0.15) is 0 Å². The molecule has 0 aliphatic carbocycles. The molecule has 0 saturated heterocycles. The summed E-state index contributed by atoms with van der Waals surface area (Å²) in [7, 11) is 1.44. The van der Waals surface area contributed by atoms with E-state index in [0.29, 0.717) is 0 Å². The molecule has 1 heterocycles. The molecule has 0 saturated carbocycles. The Morgan fingerprint density at radius 2 is 2.14 bits per heavy atom. The molecule has 1 rings (SSSR count). The van der Waals surface area contributed by atoms with Gasteiger partial charge in [-0.1, -0.05) is 6.92 Å². The van der Waals surface area contributed by atoms with Gasteiger partial charge in [0.05, 0.1) is 12.1 Å². The summed E-state index contributed by atoms with van der Waals surface area (Å²) in [5, 5.41) is 4.28. The third-order valence-electron chi connectivity index (χ3n) is 3.35. The standard InChI is InChI=1S/C16H26N2O2S/c1-6-17-16(4,15(19)20-5)8-7-9-21-14-11-12(2)10-13(3)18-14/h10-11,17H,6-9H2,1-5H3. The maximum absolute atomic E-state index is 11.9. The molecule has 0 bridgehead atoms. The highest BCUT2D eigenvalue weighted by atomic mass is 32.2. The van der Waals surface area contributed by atoms with Crippen LogP contribution in [0.2, 0.25) is 0 Å². The van der Waals surface area contributed by atoms with E-state index in [0.717, 1.165) is 35.9 Å². The Labute approximate surface area is 132 Å². The van der Waals surface area contributed by atoms with E-state index < -0.39 is 5.54 Å². The van der Waals surface area contributed by atoms with Crippen molar-refractivity contribution in [2.24, 2.45) is 0 Å². The smallest absolute Gasteiger partial charge is 0.325 e. The summed E-state index contributed by atoms with van der Waals surface area (Å²) in [5.41, 5.74) is 1.68. The molecule has 0 radical (unpaired) electrons. The van der Waals surface area contributed by atoms with Crippen LogP contribution in [0.4, 0.5) is 0 Å². The van der Waals surface area contributed by atoms with Gasteiger partial charge in [-0.15, -0.1) is 11.8 Å². The molecule has 1 atom stereocenters. The Bertz CT molecular complexity index is 459. The van der Waals surface area contributed by atoms with Gasteiger partial charge >= 0.3 is 5.97 Å². The molecule has 0 amide bonds. The zero-order valence-corrected chi connectivity index (χ0v) is 14.5. The van der Waals surface area contributed by atoms with Crippen molar-refractivity contribution in [2.45, 2.75) is 51.1 Å². The normalized spacial score (nSPS) is 13.8. The van der Waals surface area contributed by atoms with Crippen LogP contribution in [0.5, 0.6) is 0 Å². The van der Waals surface area contributed by atoms with Crippen LogP contribution < -0.4 is 5.32 Å². The summed E-state index contributed by atoms with van der Waals surface area (Å²) < 4.78 is 4.89. The fourth-order valence-electron chi connectivity index (χ4n) is 2.36. The number of rotatable bonds is 8. The third kappa shape index (κ3) is 5.67. The summed E-state index contributed by atoms with van der Waals surface area (Å²) >= 11 is 1.74. The number of esters is 1. The Morgan fingerprint density at radius 1 is 1.43 bits per heavy atom. The Balaban J connectivity index is 2.49. The fraction of sp³-hybridized carbons (Fsp3) is 0.625. The van der Waals surface area contributed by atoms with Crippen molar-refractivity contribution in [3.63, 3.8) is 0 Å². The number of carbonyl (C=O) groups is 1. The topological polar surface area (TPSA) is 51.2 Å². The SMILES string of the molecule is CCNC(C)(CCCSc1cc(C)cc(C)n1)C(=O)OC. The average Bonchev–Trinajstić information content (AvgIpc) is 2.42. The Morgan fingerprint density at radius 3 is 2.71 bits per heavy atom. The van der Waals surface area contributed by atoms with Gasteiger partial charge in [-0.05, 0) is 63.6 Å². The first kappa shape index (κ1) is 18.0. The molecule has 4 nitrogen and oxygen atoms in total. The zero-order valence-electron chi connectivity index (χ0n) is 13.7. The quantitative estimate of drug-likeness (QED) is 0.454. The molecular formula is C16H26N2O2S. The number of ether oxygens (including phenoxy) is 1. The highest BCUT2D eigenvalue weighted by molar-refractivity contribution is 7.99. The van der Waals surface area contributed by atoms with Gasteiger partial charge in [0, 0.05) is 5.69 Å². The molecule has 1 N–H and O–H groups in total. The van der Waals surface area contributed by atoms with Crippen molar-refractivity contribution >= 4 is 17.7 Å². The van der Waals surface area contributed by atoms with Crippen LogP contribution >= 0.6 is 11.8 Å².